The number of halogens is 3. The zero-order valence-corrected chi connectivity index (χ0v) is 12.9. The van der Waals surface area contributed by atoms with Crippen molar-refractivity contribution in [1.82, 2.24) is 0 Å². The molecule has 0 aliphatic heterocycles. The van der Waals surface area contributed by atoms with Gasteiger partial charge in [-0.15, -0.1) is 0 Å². The van der Waals surface area contributed by atoms with Crippen LogP contribution in [0.1, 0.15) is 18.1 Å². The van der Waals surface area contributed by atoms with Crippen molar-refractivity contribution in [2.75, 3.05) is 6.61 Å². The van der Waals surface area contributed by atoms with Crippen molar-refractivity contribution in [1.29, 1.82) is 0 Å². The molecule has 1 N–H and O–H groups in total. The smallest absolute Gasteiger partial charge is 0.148 e. The molecule has 0 aliphatic carbocycles. The van der Waals surface area contributed by atoms with Crippen LogP contribution in [0.5, 0.6) is 5.75 Å². The number of benzene rings is 2. The fourth-order valence-corrected chi connectivity index (χ4v) is 2.24. The highest BCUT2D eigenvalue weighted by molar-refractivity contribution is 9.10. The molecular formula is C15H13BrClFO2. The molecule has 20 heavy (non-hydrogen) atoms. The van der Waals surface area contributed by atoms with Gasteiger partial charge in [-0.1, -0.05) is 35.9 Å². The molecule has 0 spiro atoms. The summed E-state index contributed by atoms with van der Waals surface area (Å²) in [6, 6.07) is 12.4. The molecule has 0 bridgehead atoms. The normalized spacial score (nSPS) is 12.2. The summed E-state index contributed by atoms with van der Waals surface area (Å²) in [4.78, 5) is 0. The molecule has 1 atom stereocenters. The molecule has 0 aliphatic rings. The van der Waals surface area contributed by atoms with E-state index in [0.717, 1.165) is 0 Å². The van der Waals surface area contributed by atoms with Gasteiger partial charge >= 0.3 is 0 Å². The van der Waals surface area contributed by atoms with Gasteiger partial charge in [0.05, 0.1) is 17.7 Å². The Morgan fingerprint density at radius 1 is 1.20 bits per heavy atom. The van der Waals surface area contributed by atoms with Crippen molar-refractivity contribution in [3.05, 3.63) is 63.3 Å². The van der Waals surface area contributed by atoms with E-state index in [1.165, 1.54) is 6.07 Å². The first-order chi connectivity index (χ1) is 9.59. The largest absolute Gasteiger partial charge is 0.493 e. The minimum atomic E-state index is -0.954. The molecule has 0 amide bonds. The zero-order valence-electron chi connectivity index (χ0n) is 10.5. The summed E-state index contributed by atoms with van der Waals surface area (Å²) < 4.78 is 19.8. The van der Waals surface area contributed by atoms with Gasteiger partial charge in [0.15, 0.2) is 0 Å². The van der Waals surface area contributed by atoms with E-state index >= 15 is 0 Å². The van der Waals surface area contributed by atoms with Gasteiger partial charge in [0.1, 0.15) is 11.6 Å². The van der Waals surface area contributed by atoms with E-state index in [0.29, 0.717) is 10.2 Å². The van der Waals surface area contributed by atoms with Crippen molar-refractivity contribution in [2.24, 2.45) is 0 Å². The average molecular weight is 360 g/mol. The molecule has 106 valence electrons. The van der Waals surface area contributed by atoms with Crippen LogP contribution in [0.3, 0.4) is 0 Å². The quantitative estimate of drug-likeness (QED) is 0.781. The zero-order chi connectivity index (χ0) is 14.5. The van der Waals surface area contributed by atoms with Crippen LogP contribution in [-0.2, 0) is 0 Å². The minimum absolute atomic E-state index is 0.0227. The maximum Gasteiger partial charge on any atom is 0.148 e. The molecule has 0 saturated carbocycles. The molecule has 0 saturated heterocycles. The lowest BCUT2D eigenvalue weighted by Gasteiger charge is -2.14. The summed E-state index contributed by atoms with van der Waals surface area (Å²) >= 11 is 8.93. The second-order valence-corrected chi connectivity index (χ2v) is 5.46. The van der Waals surface area contributed by atoms with E-state index in [2.05, 4.69) is 15.9 Å². The number of hydrogen-bond acceptors (Lipinski definition) is 2. The molecule has 2 aromatic rings. The van der Waals surface area contributed by atoms with Gasteiger partial charge in [-0.2, -0.15) is 0 Å². The summed E-state index contributed by atoms with van der Waals surface area (Å²) in [7, 11) is 0. The molecular weight excluding hydrogens is 347 g/mol. The topological polar surface area (TPSA) is 29.5 Å². The van der Waals surface area contributed by atoms with Crippen molar-refractivity contribution < 1.29 is 14.2 Å². The number of ether oxygens (including phenoxy) is 1. The van der Waals surface area contributed by atoms with E-state index in [1.807, 2.05) is 30.3 Å². The molecule has 1 unspecified atom stereocenters. The molecule has 0 radical (unpaired) electrons. The predicted molar refractivity (Wildman–Crippen MR) is 80.6 cm³/mol. The van der Waals surface area contributed by atoms with Crippen molar-refractivity contribution >= 4 is 27.5 Å². The maximum absolute atomic E-state index is 13.9. The van der Waals surface area contributed by atoms with Crippen molar-refractivity contribution in [2.45, 2.75) is 12.5 Å². The lowest BCUT2D eigenvalue weighted by molar-refractivity contribution is 0.137. The highest BCUT2D eigenvalue weighted by Gasteiger charge is 2.17. The van der Waals surface area contributed by atoms with E-state index in [1.54, 1.807) is 6.07 Å². The molecule has 2 aromatic carbocycles. The monoisotopic (exact) mass is 358 g/mol. The van der Waals surface area contributed by atoms with E-state index in [-0.39, 0.29) is 23.6 Å². The van der Waals surface area contributed by atoms with Gasteiger partial charge in [-0.25, -0.2) is 4.39 Å². The van der Waals surface area contributed by atoms with Crippen LogP contribution in [0.15, 0.2) is 46.9 Å². The number of aliphatic hydroxyl groups is 1. The van der Waals surface area contributed by atoms with Crippen LogP contribution in [0.25, 0.3) is 0 Å². The third kappa shape index (κ3) is 3.72. The maximum atomic E-state index is 13.9. The Hall–Kier alpha value is -1.10. The van der Waals surface area contributed by atoms with Gasteiger partial charge in [-0.3, -0.25) is 0 Å². The Balaban J connectivity index is 1.95. The second-order valence-electron chi connectivity index (χ2n) is 4.23. The summed E-state index contributed by atoms with van der Waals surface area (Å²) in [6.45, 7) is 0.290. The van der Waals surface area contributed by atoms with E-state index in [9.17, 15) is 9.50 Å². The summed E-state index contributed by atoms with van der Waals surface area (Å²) in [5, 5.41) is 9.98. The van der Waals surface area contributed by atoms with Gasteiger partial charge in [0.2, 0.25) is 0 Å². The molecule has 2 rings (SSSR count). The highest BCUT2D eigenvalue weighted by Crippen LogP contribution is 2.31. The Bertz CT molecular complexity index is 578. The third-order valence-corrected chi connectivity index (χ3v) is 4.09. The standard InChI is InChI=1S/C15H13BrClFO2/c16-12-7-6-11(15(18)14(12)17)13(19)8-9-20-10-4-2-1-3-5-10/h1-7,13,19H,8-9H2. The van der Waals surface area contributed by atoms with Gasteiger partial charge < -0.3 is 9.84 Å². The van der Waals surface area contributed by atoms with Crippen LogP contribution >= 0.6 is 27.5 Å². The minimum Gasteiger partial charge on any atom is -0.493 e. The number of hydrogen-bond donors (Lipinski definition) is 1. The molecule has 0 fully saturated rings. The summed E-state index contributed by atoms with van der Waals surface area (Å²) in [6.07, 6.45) is -0.673. The van der Waals surface area contributed by atoms with Crippen LogP contribution < -0.4 is 4.74 Å². The third-order valence-electron chi connectivity index (χ3n) is 2.83. The van der Waals surface area contributed by atoms with Crippen LogP contribution in [0.2, 0.25) is 5.02 Å². The number of aliphatic hydroxyl groups excluding tert-OH is 1. The van der Waals surface area contributed by atoms with Crippen molar-refractivity contribution in [3.8, 4) is 5.75 Å². The molecule has 0 heterocycles. The fraction of sp³-hybridized carbons (Fsp3) is 0.200. The Labute approximate surface area is 130 Å². The van der Waals surface area contributed by atoms with Gasteiger partial charge in [0, 0.05) is 16.5 Å². The van der Waals surface area contributed by atoms with Crippen LogP contribution in [0, 0.1) is 5.82 Å². The lowest BCUT2D eigenvalue weighted by Crippen LogP contribution is -2.07. The Kier molecular flexibility index (Phi) is 5.40. The van der Waals surface area contributed by atoms with Crippen LogP contribution in [-0.4, -0.2) is 11.7 Å². The second kappa shape index (κ2) is 7.07. The SMILES string of the molecule is OC(CCOc1ccccc1)c1ccc(Br)c(Cl)c1F. The lowest BCUT2D eigenvalue weighted by atomic mass is 10.1. The fourth-order valence-electron chi connectivity index (χ4n) is 1.76. The first-order valence-electron chi connectivity index (χ1n) is 6.09. The summed E-state index contributed by atoms with van der Waals surface area (Å²) in [5.74, 6) is 0.113. The molecule has 0 aromatic heterocycles. The predicted octanol–water partition coefficient (Wildman–Crippen LogP) is 4.74. The Morgan fingerprint density at radius 3 is 2.60 bits per heavy atom. The van der Waals surface area contributed by atoms with E-state index in [4.69, 9.17) is 16.3 Å². The Morgan fingerprint density at radius 2 is 1.90 bits per heavy atom. The van der Waals surface area contributed by atoms with E-state index < -0.39 is 11.9 Å². The number of rotatable bonds is 5. The summed E-state index contributed by atoms with van der Waals surface area (Å²) in [5.41, 5.74) is 0.176. The average Bonchev–Trinajstić information content (AvgIpc) is 2.46. The first kappa shape index (κ1) is 15.3. The van der Waals surface area contributed by atoms with Crippen LogP contribution in [0.4, 0.5) is 4.39 Å². The number of para-hydroxylation sites is 1. The van der Waals surface area contributed by atoms with Crippen molar-refractivity contribution in [3.63, 3.8) is 0 Å². The first-order valence-corrected chi connectivity index (χ1v) is 7.26. The highest BCUT2D eigenvalue weighted by atomic mass is 79.9. The van der Waals surface area contributed by atoms with Gasteiger partial charge in [-0.05, 0) is 34.1 Å². The molecule has 2 nitrogen and oxygen atoms in total. The molecule has 5 heteroatoms. The van der Waals surface area contributed by atoms with Gasteiger partial charge in [0.25, 0.3) is 0 Å².